The minimum atomic E-state index is -0.942. The summed E-state index contributed by atoms with van der Waals surface area (Å²) in [4.78, 5) is 35.9. The number of ether oxygens (including phenoxy) is 1. The third-order valence-corrected chi connectivity index (χ3v) is 4.60. The minimum absolute atomic E-state index is 0.102. The molecule has 0 aliphatic heterocycles. The third-order valence-electron chi connectivity index (χ3n) is 4.60. The highest BCUT2D eigenvalue weighted by Crippen LogP contribution is 2.23. The fourth-order valence-corrected chi connectivity index (χ4v) is 3.01. The number of hydrogen-bond acceptors (Lipinski definition) is 4. The maximum Gasteiger partial charge on any atom is 0.326 e. The zero-order valence-corrected chi connectivity index (χ0v) is 15.1. The van der Waals surface area contributed by atoms with E-state index in [9.17, 15) is 18.8 Å². The second-order valence-corrected chi connectivity index (χ2v) is 6.70. The fraction of sp³-hybridized carbons (Fsp3) is 0.526. The topological polar surface area (TPSA) is 84.5 Å². The molecule has 0 bridgehead atoms. The number of carbonyl (C=O) groups excluding carboxylic acids is 3. The zero-order valence-electron chi connectivity index (χ0n) is 15.1. The van der Waals surface area contributed by atoms with Crippen molar-refractivity contribution in [3.63, 3.8) is 0 Å². The molecule has 0 aromatic heterocycles. The van der Waals surface area contributed by atoms with E-state index >= 15 is 0 Å². The summed E-state index contributed by atoms with van der Waals surface area (Å²) in [5, 5.41) is 5.27. The van der Waals surface area contributed by atoms with Gasteiger partial charge in [0.2, 0.25) is 0 Å². The van der Waals surface area contributed by atoms with E-state index < -0.39 is 30.3 Å². The van der Waals surface area contributed by atoms with Crippen LogP contribution in [0.1, 0.15) is 49.9 Å². The summed E-state index contributed by atoms with van der Waals surface area (Å²) in [7, 11) is 0. The predicted molar refractivity (Wildman–Crippen MR) is 93.8 cm³/mol. The zero-order chi connectivity index (χ0) is 19.1. The van der Waals surface area contributed by atoms with Gasteiger partial charge in [0.1, 0.15) is 12.4 Å². The van der Waals surface area contributed by atoms with E-state index in [-0.39, 0.29) is 17.5 Å². The number of halogens is 1. The number of amides is 2. The van der Waals surface area contributed by atoms with Crippen LogP contribution in [0.25, 0.3) is 0 Å². The van der Waals surface area contributed by atoms with Crippen LogP contribution in [0.15, 0.2) is 24.3 Å². The van der Waals surface area contributed by atoms with Crippen LogP contribution in [-0.2, 0) is 14.3 Å². The molecule has 2 N–H and O–H groups in total. The van der Waals surface area contributed by atoms with Gasteiger partial charge in [-0.25, -0.2) is 4.39 Å². The standard InChI is InChI=1S/C19H25FN2O4/c1-12-6-3-4-9-16(12)22-18(24)13(2)26-17(23)11-21-19(25)14-7-5-8-15(20)10-14/h5,7-8,10,12-13,16H,3-4,6,9,11H2,1-2H3,(H,21,25)(H,22,24)/t12-,13+,16-/m0/s1. The number of hydrogen-bond donors (Lipinski definition) is 2. The van der Waals surface area contributed by atoms with Gasteiger partial charge >= 0.3 is 5.97 Å². The molecule has 1 aromatic rings. The molecule has 7 heteroatoms. The van der Waals surface area contributed by atoms with Crippen molar-refractivity contribution in [1.82, 2.24) is 10.6 Å². The number of carbonyl (C=O) groups is 3. The Morgan fingerprint density at radius 2 is 2.00 bits per heavy atom. The number of rotatable bonds is 6. The van der Waals surface area contributed by atoms with E-state index in [1.54, 1.807) is 0 Å². The van der Waals surface area contributed by atoms with Crippen LogP contribution in [0.3, 0.4) is 0 Å². The molecule has 1 aliphatic carbocycles. The summed E-state index contributed by atoms with van der Waals surface area (Å²) in [5.41, 5.74) is 0.106. The summed E-state index contributed by atoms with van der Waals surface area (Å²) in [6.07, 6.45) is 3.31. The van der Waals surface area contributed by atoms with Crippen molar-refractivity contribution in [3.05, 3.63) is 35.6 Å². The van der Waals surface area contributed by atoms with Gasteiger partial charge in [-0.2, -0.15) is 0 Å². The monoisotopic (exact) mass is 364 g/mol. The van der Waals surface area contributed by atoms with Crippen LogP contribution in [0.5, 0.6) is 0 Å². The lowest BCUT2D eigenvalue weighted by Crippen LogP contribution is -2.46. The molecule has 3 atom stereocenters. The van der Waals surface area contributed by atoms with Gasteiger partial charge in [0.05, 0.1) is 0 Å². The van der Waals surface area contributed by atoms with Crippen LogP contribution in [0.2, 0.25) is 0 Å². The molecular weight excluding hydrogens is 339 g/mol. The quantitative estimate of drug-likeness (QED) is 0.758. The maximum atomic E-state index is 13.1. The largest absolute Gasteiger partial charge is 0.451 e. The Morgan fingerprint density at radius 3 is 2.69 bits per heavy atom. The van der Waals surface area contributed by atoms with Crippen molar-refractivity contribution in [2.24, 2.45) is 5.92 Å². The van der Waals surface area contributed by atoms with Gasteiger partial charge in [-0.1, -0.05) is 25.8 Å². The van der Waals surface area contributed by atoms with Crippen molar-refractivity contribution >= 4 is 17.8 Å². The van der Waals surface area contributed by atoms with Crippen LogP contribution in [0, 0.1) is 11.7 Å². The molecule has 0 spiro atoms. The molecule has 0 saturated heterocycles. The normalized spacial score (nSPS) is 20.7. The average Bonchev–Trinajstić information content (AvgIpc) is 2.61. The lowest BCUT2D eigenvalue weighted by Gasteiger charge is -2.30. The highest BCUT2D eigenvalue weighted by Gasteiger charge is 2.26. The summed E-state index contributed by atoms with van der Waals surface area (Å²) in [6, 6.07) is 5.23. The molecule has 6 nitrogen and oxygen atoms in total. The minimum Gasteiger partial charge on any atom is -0.451 e. The molecule has 2 amide bonds. The van der Waals surface area contributed by atoms with Gasteiger partial charge in [0, 0.05) is 11.6 Å². The Morgan fingerprint density at radius 1 is 1.27 bits per heavy atom. The average molecular weight is 364 g/mol. The molecule has 142 valence electrons. The van der Waals surface area contributed by atoms with Gasteiger partial charge in [-0.05, 0) is 43.9 Å². The van der Waals surface area contributed by atoms with E-state index in [1.807, 2.05) is 0 Å². The molecule has 26 heavy (non-hydrogen) atoms. The van der Waals surface area contributed by atoms with Gasteiger partial charge < -0.3 is 15.4 Å². The first-order valence-electron chi connectivity index (χ1n) is 8.90. The number of benzene rings is 1. The molecule has 0 radical (unpaired) electrons. The molecule has 0 heterocycles. The number of esters is 1. The van der Waals surface area contributed by atoms with E-state index in [4.69, 9.17) is 4.74 Å². The summed E-state index contributed by atoms with van der Waals surface area (Å²) >= 11 is 0. The molecule has 2 rings (SSSR count). The summed E-state index contributed by atoms with van der Waals surface area (Å²) in [5.74, 6) is -1.79. The van der Waals surface area contributed by atoms with Gasteiger partial charge in [0.25, 0.3) is 11.8 Å². The first-order chi connectivity index (χ1) is 12.4. The Hall–Kier alpha value is -2.44. The van der Waals surface area contributed by atoms with E-state index in [0.717, 1.165) is 25.3 Å². The van der Waals surface area contributed by atoms with E-state index in [1.165, 1.54) is 31.5 Å². The Kier molecular flexibility index (Phi) is 7.12. The Balaban J connectivity index is 1.75. The lowest BCUT2D eigenvalue weighted by molar-refractivity contribution is -0.154. The summed E-state index contributed by atoms with van der Waals surface area (Å²) < 4.78 is 18.2. The van der Waals surface area contributed by atoms with Gasteiger partial charge in [-0.15, -0.1) is 0 Å². The molecule has 1 fully saturated rings. The highest BCUT2D eigenvalue weighted by molar-refractivity contribution is 5.96. The van der Waals surface area contributed by atoms with Crippen LogP contribution < -0.4 is 10.6 Å². The Labute approximate surface area is 152 Å². The van der Waals surface area contributed by atoms with Crippen molar-refractivity contribution in [1.29, 1.82) is 0 Å². The number of nitrogens with one attached hydrogen (secondary N) is 2. The van der Waals surface area contributed by atoms with E-state index in [2.05, 4.69) is 17.6 Å². The molecular formula is C19H25FN2O4. The molecule has 1 aromatic carbocycles. The lowest BCUT2D eigenvalue weighted by atomic mass is 9.86. The third kappa shape index (κ3) is 5.82. The SMILES string of the molecule is C[C@@H](OC(=O)CNC(=O)c1cccc(F)c1)C(=O)N[C@H]1CCCC[C@@H]1C. The van der Waals surface area contributed by atoms with Gasteiger partial charge in [0.15, 0.2) is 6.10 Å². The van der Waals surface area contributed by atoms with E-state index in [0.29, 0.717) is 5.92 Å². The second-order valence-electron chi connectivity index (χ2n) is 6.70. The van der Waals surface area contributed by atoms with Crippen molar-refractivity contribution in [3.8, 4) is 0 Å². The van der Waals surface area contributed by atoms with Gasteiger partial charge in [-0.3, -0.25) is 14.4 Å². The second kappa shape index (κ2) is 9.31. The van der Waals surface area contributed by atoms with Crippen molar-refractivity contribution in [2.75, 3.05) is 6.54 Å². The van der Waals surface area contributed by atoms with Crippen LogP contribution >= 0.6 is 0 Å². The summed E-state index contributed by atoms with van der Waals surface area (Å²) in [6.45, 7) is 3.20. The highest BCUT2D eigenvalue weighted by atomic mass is 19.1. The molecule has 1 saturated carbocycles. The maximum absolute atomic E-state index is 13.1. The first-order valence-corrected chi connectivity index (χ1v) is 8.90. The van der Waals surface area contributed by atoms with Crippen LogP contribution in [-0.4, -0.2) is 36.5 Å². The van der Waals surface area contributed by atoms with Crippen LogP contribution in [0.4, 0.5) is 4.39 Å². The predicted octanol–water partition coefficient (Wildman–Crippen LogP) is 2.18. The smallest absolute Gasteiger partial charge is 0.326 e. The Bertz CT molecular complexity index is 665. The van der Waals surface area contributed by atoms with Crippen molar-refractivity contribution < 1.29 is 23.5 Å². The first kappa shape index (κ1) is 19.9. The fourth-order valence-electron chi connectivity index (χ4n) is 3.01. The molecule has 0 unspecified atom stereocenters. The molecule has 1 aliphatic rings. The van der Waals surface area contributed by atoms with Crippen molar-refractivity contribution in [2.45, 2.75) is 51.7 Å².